The Bertz CT molecular complexity index is 686. The van der Waals surface area contributed by atoms with E-state index in [0.717, 1.165) is 35.4 Å². The average molecular weight is 297 g/mol. The monoisotopic (exact) mass is 297 g/mol. The fourth-order valence-electron chi connectivity index (χ4n) is 3.34. The lowest BCUT2D eigenvalue weighted by Gasteiger charge is -2.34. The lowest BCUT2D eigenvalue weighted by Crippen LogP contribution is -2.34. The predicted octanol–water partition coefficient (Wildman–Crippen LogP) is 2.83. The predicted molar refractivity (Wildman–Crippen MR) is 82.9 cm³/mol. The number of ether oxygens (including phenoxy) is 1. The number of carbonyl (C=O) groups excluding carboxylic acids is 2. The second-order valence-electron chi connectivity index (χ2n) is 5.67. The Morgan fingerprint density at radius 2 is 1.95 bits per heavy atom. The number of allylic oxidation sites excluding steroid dienone is 3. The molecular weight excluding hydrogens is 278 g/mol. The smallest absolute Gasteiger partial charge is 0.336 e. The largest absolute Gasteiger partial charge is 0.466 e. The molecule has 1 atom stereocenters. The summed E-state index contributed by atoms with van der Waals surface area (Å²) in [6.07, 6.45) is 2.24. The molecule has 0 saturated carbocycles. The molecule has 1 aromatic carbocycles. The van der Waals surface area contributed by atoms with Crippen LogP contribution in [0.2, 0.25) is 0 Å². The number of nitrogens with one attached hydrogen (secondary N) is 1. The number of hydrogen-bond donors (Lipinski definition) is 1. The number of methoxy groups -OCH3 is 1. The third-order valence-electron chi connectivity index (χ3n) is 4.31. The molecule has 0 spiro atoms. The second kappa shape index (κ2) is 5.79. The number of carbonyl (C=O) groups is 2. The van der Waals surface area contributed by atoms with Crippen molar-refractivity contribution in [1.82, 2.24) is 5.32 Å². The van der Waals surface area contributed by atoms with E-state index in [1.165, 1.54) is 7.11 Å². The van der Waals surface area contributed by atoms with Crippen molar-refractivity contribution in [2.75, 3.05) is 7.11 Å². The first-order chi connectivity index (χ1) is 10.6. The van der Waals surface area contributed by atoms with Crippen LogP contribution in [0.15, 0.2) is 52.9 Å². The lowest BCUT2D eigenvalue weighted by molar-refractivity contribution is -0.136. The molecule has 1 heterocycles. The van der Waals surface area contributed by atoms with E-state index >= 15 is 0 Å². The van der Waals surface area contributed by atoms with E-state index in [9.17, 15) is 9.59 Å². The molecule has 0 fully saturated rings. The van der Waals surface area contributed by atoms with Crippen molar-refractivity contribution < 1.29 is 14.3 Å². The number of esters is 1. The molecule has 1 unspecified atom stereocenters. The van der Waals surface area contributed by atoms with Gasteiger partial charge in [-0.05, 0) is 25.3 Å². The summed E-state index contributed by atoms with van der Waals surface area (Å²) in [5.41, 5.74) is 3.93. The summed E-state index contributed by atoms with van der Waals surface area (Å²) in [5.74, 6) is -0.599. The Kier molecular flexibility index (Phi) is 3.84. The van der Waals surface area contributed by atoms with Gasteiger partial charge in [0.15, 0.2) is 5.78 Å². The average Bonchev–Trinajstić information content (AvgIpc) is 2.54. The van der Waals surface area contributed by atoms with Crippen molar-refractivity contribution in [2.45, 2.75) is 32.1 Å². The Labute approximate surface area is 129 Å². The molecule has 4 nitrogen and oxygen atoms in total. The van der Waals surface area contributed by atoms with Crippen molar-refractivity contribution in [2.24, 2.45) is 0 Å². The molecule has 0 saturated heterocycles. The summed E-state index contributed by atoms with van der Waals surface area (Å²) in [6.45, 7) is 1.87. The van der Waals surface area contributed by atoms with E-state index in [2.05, 4.69) is 5.32 Å². The van der Waals surface area contributed by atoms with Crippen LogP contribution in [-0.4, -0.2) is 18.9 Å². The van der Waals surface area contributed by atoms with Crippen molar-refractivity contribution in [3.8, 4) is 0 Å². The maximum atomic E-state index is 12.5. The van der Waals surface area contributed by atoms with Crippen LogP contribution in [0.25, 0.3) is 0 Å². The van der Waals surface area contributed by atoms with Crippen LogP contribution < -0.4 is 5.32 Å². The van der Waals surface area contributed by atoms with Crippen LogP contribution in [0.3, 0.4) is 0 Å². The fraction of sp³-hybridized carbons (Fsp3) is 0.333. The van der Waals surface area contributed by atoms with Crippen molar-refractivity contribution >= 4 is 11.8 Å². The first-order valence-electron chi connectivity index (χ1n) is 7.50. The highest BCUT2D eigenvalue weighted by Gasteiger charge is 2.38. The molecule has 114 valence electrons. The minimum atomic E-state index is -0.385. The highest BCUT2D eigenvalue weighted by atomic mass is 16.5. The van der Waals surface area contributed by atoms with Crippen LogP contribution in [-0.2, 0) is 14.3 Å². The Hall–Kier alpha value is -2.36. The fourth-order valence-corrected chi connectivity index (χ4v) is 3.34. The van der Waals surface area contributed by atoms with E-state index in [4.69, 9.17) is 4.74 Å². The van der Waals surface area contributed by atoms with Crippen LogP contribution in [0.4, 0.5) is 0 Å². The van der Waals surface area contributed by atoms with Gasteiger partial charge in [0.25, 0.3) is 0 Å². The lowest BCUT2D eigenvalue weighted by atomic mass is 9.75. The molecule has 1 N–H and O–H groups in total. The molecule has 22 heavy (non-hydrogen) atoms. The zero-order valence-electron chi connectivity index (χ0n) is 12.8. The van der Waals surface area contributed by atoms with Gasteiger partial charge in [0.1, 0.15) is 0 Å². The van der Waals surface area contributed by atoms with E-state index in [1.807, 2.05) is 37.3 Å². The summed E-state index contributed by atoms with van der Waals surface area (Å²) in [6, 6.07) is 9.69. The van der Waals surface area contributed by atoms with Gasteiger partial charge in [-0.3, -0.25) is 4.79 Å². The number of benzene rings is 1. The van der Waals surface area contributed by atoms with Gasteiger partial charge in [0.05, 0.1) is 12.7 Å². The molecule has 4 heteroatoms. The summed E-state index contributed by atoms with van der Waals surface area (Å²) in [4.78, 5) is 24.8. The molecule has 0 bridgehead atoms. The van der Waals surface area contributed by atoms with Crippen molar-refractivity contribution in [3.63, 3.8) is 0 Å². The van der Waals surface area contributed by atoms with Crippen LogP contribution in [0.1, 0.15) is 37.7 Å². The van der Waals surface area contributed by atoms with Crippen LogP contribution >= 0.6 is 0 Å². The third-order valence-corrected chi connectivity index (χ3v) is 4.31. The number of rotatable bonds is 2. The summed E-state index contributed by atoms with van der Waals surface area (Å²) < 4.78 is 4.96. The number of Topliss-reactive ketones (excluding diaryl/α,β-unsaturated/α-hetero) is 1. The molecular formula is C18H19NO3. The molecule has 1 aliphatic heterocycles. The van der Waals surface area contributed by atoms with E-state index in [-0.39, 0.29) is 17.7 Å². The highest BCUT2D eigenvalue weighted by molar-refractivity contribution is 6.03. The van der Waals surface area contributed by atoms with Crippen molar-refractivity contribution in [3.05, 3.63) is 58.4 Å². The standard InChI is InChI=1S/C18H19NO3/c1-11-15(18(21)22-2)16(12-7-4-3-5-8-12)17-13(19-11)9-6-10-14(17)20/h3-5,7-8,16,19H,6,9-10H2,1-2H3. The molecule has 0 radical (unpaired) electrons. The van der Waals surface area contributed by atoms with Gasteiger partial charge >= 0.3 is 5.97 Å². The van der Waals surface area contributed by atoms with E-state index in [1.54, 1.807) is 0 Å². The Balaban J connectivity index is 2.18. The van der Waals surface area contributed by atoms with Gasteiger partial charge in [-0.25, -0.2) is 4.79 Å². The van der Waals surface area contributed by atoms with Crippen LogP contribution in [0, 0.1) is 0 Å². The highest BCUT2D eigenvalue weighted by Crippen LogP contribution is 2.42. The maximum absolute atomic E-state index is 12.5. The topological polar surface area (TPSA) is 55.4 Å². The summed E-state index contributed by atoms with van der Waals surface area (Å²) >= 11 is 0. The summed E-state index contributed by atoms with van der Waals surface area (Å²) in [7, 11) is 1.37. The van der Waals surface area contributed by atoms with E-state index < -0.39 is 0 Å². The zero-order valence-corrected chi connectivity index (χ0v) is 12.8. The van der Waals surface area contributed by atoms with Gasteiger partial charge in [-0.15, -0.1) is 0 Å². The minimum Gasteiger partial charge on any atom is -0.466 e. The van der Waals surface area contributed by atoms with Gasteiger partial charge in [0, 0.05) is 29.3 Å². The van der Waals surface area contributed by atoms with E-state index in [0.29, 0.717) is 12.0 Å². The first kappa shape index (κ1) is 14.6. The molecule has 0 aromatic heterocycles. The minimum absolute atomic E-state index is 0.122. The molecule has 3 rings (SSSR count). The summed E-state index contributed by atoms with van der Waals surface area (Å²) in [5, 5.41) is 3.25. The van der Waals surface area contributed by atoms with Crippen molar-refractivity contribution in [1.29, 1.82) is 0 Å². The first-order valence-corrected chi connectivity index (χ1v) is 7.50. The van der Waals surface area contributed by atoms with Gasteiger partial charge in [0.2, 0.25) is 0 Å². The zero-order chi connectivity index (χ0) is 15.7. The van der Waals surface area contributed by atoms with Gasteiger partial charge in [-0.2, -0.15) is 0 Å². The van der Waals surface area contributed by atoms with Crippen LogP contribution in [0.5, 0.6) is 0 Å². The quantitative estimate of drug-likeness (QED) is 0.853. The Morgan fingerprint density at radius 3 is 2.64 bits per heavy atom. The number of hydrogen-bond acceptors (Lipinski definition) is 4. The SMILES string of the molecule is COC(=O)C1=C(C)NC2=C(C(=O)CCC2)C1c1ccccc1. The number of dihydropyridines is 1. The number of ketones is 1. The second-order valence-corrected chi connectivity index (χ2v) is 5.67. The Morgan fingerprint density at radius 1 is 1.23 bits per heavy atom. The third kappa shape index (κ3) is 2.34. The maximum Gasteiger partial charge on any atom is 0.336 e. The van der Waals surface area contributed by atoms with Gasteiger partial charge in [-0.1, -0.05) is 30.3 Å². The normalized spacial score (nSPS) is 21.4. The molecule has 1 aromatic rings. The molecule has 0 amide bonds. The molecule has 1 aliphatic carbocycles. The van der Waals surface area contributed by atoms with Gasteiger partial charge < -0.3 is 10.1 Å². The molecule has 2 aliphatic rings.